The van der Waals surface area contributed by atoms with Gasteiger partial charge in [0.15, 0.2) is 5.16 Å². The fourth-order valence-electron chi connectivity index (χ4n) is 2.29. The predicted octanol–water partition coefficient (Wildman–Crippen LogP) is 4.49. The fourth-order valence-corrected chi connectivity index (χ4v) is 3.25. The zero-order valence-electron chi connectivity index (χ0n) is 12.1. The smallest absolute Gasteiger partial charge is 0.306 e. The van der Waals surface area contributed by atoms with Gasteiger partial charge in [-0.05, 0) is 37.5 Å². The highest BCUT2D eigenvalue weighted by Gasteiger charge is 2.31. The van der Waals surface area contributed by atoms with Crippen molar-refractivity contribution in [2.75, 3.05) is 0 Å². The van der Waals surface area contributed by atoms with Crippen LogP contribution in [0.2, 0.25) is 0 Å². The summed E-state index contributed by atoms with van der Waals surface area (Å²) >= 11 is 1.51. The van der Waals surface area contributed by atoms with E-state index in [0.717, 1.165) is 35.2 Å². The Morgan fingerprint density at radius 3 is 2.41 bits per heavy atom. The SMILES string of the molecule is CCn1c(SCc2ccc(C(F)(F)F)cc2)nnc1C1CC1. The second-order valence-electron chi connectivity index (χ2n) is 5.34. The van der Waals surface area contributed by atoms with Gasteiger partial charge in [0.05, 0.1) is 5.56 Å². The second-order valence-corrected chi connectivity index (χ2v) is 6.29. The van der Waals surface area contributed by atoms with E-state index in [0.29, 0.717) is 11.7 Å². The molecule has 7 heteroatoms. The molecule has 1 aromatic heterocycles. The summed E-state index contributed by atoms with van der Waals surface area (Å²) in [5.41, 5.74) is 0.227. The Bertz CT molecular complexity index is 645. The molecule has 0 radical (unpaired) electrons. The number of halogens is 3. The predicted molar refractivity (Wildman–Crippen MR) is 78.7 cm³/mol. The van der Waals surface area contributed by atoms with Gasteiger partial charge in [-0.1, -0.05) is 23.9 Å². The van der Waals surface area contributed by atoms with E-state index >= 15 is 0 Å². The minimum Gasteiger partial charge on any atom is -0.306 e. The molecule has 0 unspecified atom stereocenters. The standard InChI is InChI=1S/C15H16F3N3S/c1-2-21-13(11-5-6-11)19-20-14(21)22-9-10-3-7-12(8-4-10)15(16,17)18/h3-4,7-8,11H,2,5-6,9H2,1H3. The molecule has 1 aliphatic rings. The molecule has 1 heterocycles. The lowest BCUT2D eigenvalue weighted by molar-refractivity contribution is -0.137. The Morgan fingerprint density at radius 2 is 1.86 bits per heavy atom. The Morgan fingerprint density at radius 1 is 1.18 bits per heavy atom. The van der Waals surface area contributed by atoms with Crippen molar-refractivity contribution in [2.45, 2.75) is 49.3 Å². The van der Waals surface area contributed by atoms with E-state index in [1.807, 2.05) is 0 Å². The summed E-state index contributed by atoms with van der Waals surface area (Å²) in [5.74, 6) is 2.16. The van der Waals surface area contributed by atoms with Crippen molar-refractivity contribution in [3.05, 3.63) is 41.2 Å². The van der Waals surface area contributed by atoms with Crippen molar-refractivity contribution < 1.29 is 13.2 Å². The molecule has 1 fully saturated rings. The first-order chi connectivity index (χ1) is 10.5. The molecule has 3 nitrogen and oxygen atoms in total. The molecular formula is C15H16F3N3S. The maximum Gasteiger partial charge on any atom is 0.416 e. The van der Waals surface area contributed by atoms with E-state index in [1.54, 1.807) is 0 Å². The van der Waals surface area contributed by atoms with E-state index in [1.165, 1.54) is 36.7 Å². The van der Waals surface area contributed by atoms with Crippen molar-refractivity contribution >= 4 is 11.8 Å². The Balaban J connectivity index is 1.67. The summed E-state index contributed by atoms with van der Waals surface area (Å²) in [6.07, 6.45) is -1.95. The number of thioether (sulfide) groups is 1. The van der Waals surface area contributed by atoms with Gasteiger partial charge in [0, 0.05) is 18.2 Å². The first-order valence-electron chi connectivity index (χ1n) is 7.21. The van der Waals surface area contributed by atoms with Gasteiger partial charge >= 0.3 is 6.18 Å². The number of hydrogen-bond donors (Lipinski definition) is 0. The topological polar surface area (TPSA) is 30.7 Å². The highest BCUT2D eigenvalue weighted by molar-refractivity contribution is 7.98. The highest BCUT2D eigenvalue weighted by Crippen LogP contribution is 2.40. The van der Waals surface area contributed by atoms with Crippen LogP contribution in [0.5, 0.6) is 0 Å². The first kappa shape index (κ1) is 15.4. The van der Waals surface area contributed by atoms with Crippen LogP contribution in [-0.4, -0.2) is 14.8 Å². The van der Waals surface area contributed by atoms with Crippen molar-refractivity contribution in [1.29, 1.82) is 0 Å². The molecule has 118 valence electrons. The Kier molecular flexibility index (Phi) is 4.16. The van der Waals surface area contributed by atoms with Crippen molar-refractivity contribution in [2.24, 2.45) is 0 Å². The summed E-state index contributed by atoms with van der Waals surface area (Å²) in [6, 6.07) is 5.28. The number of hydrogen-bond acceptors (Lipinski definition) is 3. The second kappa shape index (κ2) is 5.95. The maximum absolute atomic E-state index is 12.5. The van der Waals surface area contributed by atoms with E-state index < -0.39 is 11.7 Å². The summed E-state index contributed by atoms with van der Waals surface area (Å²) in [6.45, 7) is 2.87. The normalized spacial score (nSPS) is 15.3. The number of nitrogens with zero attached hydrogens (tertiary/aromatic N) is 3. The molecule has 3 rings (SSSR count). The Hall–Kier alpha value is -1.50. The largest absolute Gasteiger partial charge is 0.416 e. The molecular weight excluding hydrogens is 311 g/mol. The van der Waals surface area contributed by atoms with Crippen LogP contribution in [0.3, 0.4) is 0 Å². The van der Waals surface area contributed by atoms with E-state index in [-0.39, 0.29) is 0 Å². The van der Waals surface area contributed by atoms with Gasteiger partial charge in [0.1, 0.15) is 5.82 Å². The maximum atomic E-state index is 12.5. The fraction of sp³-hybridized carbons (Fsp3) is 0.467. The minimum absolute atomic E-state index is 0.535. The Labute approximate surface area is 130 Å². The van der Waals surface area contributed by atoms with Gasteiger partial charge in [0.2, 0.25) is 0 Å². The summed E-state index contributed by atoms with van der Waals surface area (Å²) < 4.78 is 39.7. The van der Waals surface area contributed by atoms with Crippen LogP contribution in [0.15, 0.2) is 29.4 Å². The molecule has 0 N–H and O–H groups in total. The summed E-state index contributed by atoms with van der Waals surface area (Å²) in [4.78, 5) is 0. The zero-order chi connectivity index (χ0) is 15.7. The van der Waals surface area contributed by atoms with E-state index in [4.69, 9.17) is 0 Å². The number of alkyl halides is 3. The molecule has 0 atom stereocenters. The van der Waals surface area contributed by atoms with Crippen LogP contribution in [0, 0.1) is 0 Å². The zero-order valence-corrected chi connectivity index (χ0v) is 12.9. The third kappa shape index (κ3) is 3.29. The lowest BCUT2D eigenvalue weighted by atomic mass is 10.1. The quantitative estimate of drug-likeness (QED) is 0.758. The molecule has 0 saturated heterocycles. The molecule has 0 bridgehead atoms. The number of aromatic nitrogens is 3. The van der Waals surface area contributed by atoms with Crippen LogP contribution >= 0.6 is 11.8 Å². The molecule has 22 heavy (non-hydrogen) atoms. The van der Waals surface area contributed by atoms with Gasteiger partial charge in [-0.3, -0.25) is 0 Å². The van der Waals surface area contributed by atoms with Crippen LogP contribution in [0.4, 0.5) is 13.2 Å². The molecule has 1 aliphatic carbocycles. The molecule has 1 saturated carbocycles. The van der Waals surface area contributed by atoms with Gasteiger partial charge in [-0.25, -0.2) is 0 Å². The highest BCUT2D eigenvalue weighted by atomic mass is 32.2. The monoisotopic (exact) mass is 327 g/mol. The number of benzene rings is 1. The molecule has 0 amide bonds. The van der Waals surface area contributed by atoms with E-state index in [2.05, 4.69) is 21.7 Å². The lowest BCUT2D eigenvalue weighted by Crippen LogP contribution is -2.04. The minimum atomic E-state index is -4.28. The van der Waals surface area contributed by atoms with Gasteiger partial charge in [0.25, 0.3) is 0 Å². The van der Waals surface area contributed by atoms with E-state index in [9.17, 15) is 13.2 Å². The van der Waals surface area contributed by atoms with Crippen LogP contribution in [0.1, 0.15) is 42.6 Å². The first-order valence-corrected chi connectivity index (χ1v) is 8.19. The third-order valence-electron chi connectivity index (χ3n) is 3.65. The van der Waals surface area contributed by atoms with Crippen molar-refractivity contribution in [3.8, 4) is 0 Å². The van der Waals surface area contributed by atoms with Crippen molar-refractivity contribution in [1.82, 2.24) is 14.8 Å². The summed E-state index contributed by atoms with van der Waals surface area (Å²) in [5, 5.41) is 9.30. The van der Waals surface area contributed by atoms with Crippen molar-refractivity contribution in [3.63, 3.8) is 0 Å². The molecule has 0 aliphatic heterocycles. The average molecular weight is 327 g/mol. The van der Waals surface area contributed by atoms with Gasteiger partial charge in [-0.2, -0.15) is 13.2 Å². The summed E-state index contributed by atoms with van der Waals surface area (Å²) in [7, 11) is 0. The lowest BCUT2D eigenvalue weighted by Gasteiger charge is -2.08. The third-order valence-corrected chi connectivity index (χ3v) is 4.69. The molecule has 0 spiro atoms. The number of rotatable bonds is 5. The molecule has 2 aromatic rings. The van der Waals surface area contributed by atoms with Crippen LogP contribution in [-0.2, 0) is 18.5 Å². The van der Waals surface area contributed by atoms with Gasteiger partial charge in [-0.15, -0.1) is 10.2 Å². The van der Waals surface area contributed by atoms with Crippen LogP contribution in [0.25, 0.3) is 0 Å². The van der Waals surface area contributed by atoms with Gasteiger partial charge < -0.3 is 4.57 Å². The molecule has 1 aromatic carbocycles. The van der Waals surface area contributed by atoms with Crippen LogP contribution < -0.4 is 0 Å². The average Bonchev–Trinajstić information content (AvgIpc) is 3.25.